The molecule has 0 aromatic carbocycles. The molecule has 1 N–H and O–H groups in total. The van der Waals surface area contributed by atoms with E-state index in [0.29, 0.717) is 17.4 Å². The lowest BCUT2D eigenvalue weighted by Gasteiger charge is -1.98. The maximum atomic E-state index is 5.70. The first-order chi connectivity index (χ1) is 6.31. The van der Waals surface area contributed by atoms with Crippen molar-refractivity contribution in [1.29, 1.82) is 0 Å². The predicted molar refractivity (Wildman–Crippen MR) is 50.1 cm³/mol. The third-order valence-corrected chi connectivity index (χ3v) is 1.85. The van der Waals surface area contributed by atoms with Crippen LogP contribution < -0.4 is 4.74 Å². The summed E-state index contributed by atoms with van der Waals surface area (Å²) in [6, 6.07) is 1.73. The molecule has 0 saturated carbocycles. The van der Waals surface area contributed by atoms with Crippen LogP contribution in [0.15, 0.2) is 12.3 Å². The minimum Gasteiger partial charge on any atom is -0.492 e. The molecule has 5 heteroatoms. The second-order valence-corrected chi connectivity index (χ2v) is 2.90. The maximum absolute atomic E-state index is 5.70. The zero-order valence-electron chi connectivity index (χ0n) is 7.04. The van der Waals surface area contributed by atoms with Gasteiger partial charge in [0, 0.05) is 6.20 Å². The van der Waals surface area contributed by atoms with Crippen molar-refractivity contribution in [3.05, 3.63) is 17.4 Å². The summed E-state index contributed by atoms with van der Waals surface area (Å²) in [7, 11) is 0. The fraction of sp³-hybridized carbons (Fsp3) is 0.250. The molecule has 0 aliphatic rings. The van der Waals surface area contributed by atoms with Gasteiger partial charge in [-0.05, 0) is 13.0 Å². The highest BCUT2D eigenvalue weighted by molar-refractivity contribution is 6.29. The van der Waals surface area contributed by atoms with Gasteiger partial charge in [0.1, 0.15) is 5.75 Å². The molecule has 68 valence electrons. The third-order valence-electron chi connectivity index (χ3n) is 1.67. The summed E-state index contributed by atoms with van der Waals surface area (Å²) in [4.78, 5) is 2.94. The van der Waals surface area contributed by atoms with Crippen LogP contribution in [-0.4, -0.2) is 21.8 Å². The maximum Gasteiger partial charge on any atom is 0.163 e. The smallest absolute Gasteiger partial charge is 0.163 e. The van der Waals surface area contributed by atoms with Gasteiger partial charge in [0.2, 0.25) is 0 Å². The number of aromatic nitrogens is 3. The number of nitrogens with zero attached hydrogens (tertiary/aromatic N) is 2. The first-order valence-electron chi connectivity index (χ1n) is 3.94. The fourth-order valence-corrected chi connectivity index (χ4v) is 1.30. The third kappa shape index (κ3) is 1.45. The molecule has 2 rings (SSSR count). The lowest BCUT2D eigenvalue weighted by Crippen LogP contribution is -1.90. The van der Waals surface area contributed by atoms with E-state index in [4.69, 9.17) is 16.3 Å². The van der Waals surface area contributed by atoms with Crippen LogP contribution in [0.4, 0.5) is 0 Å². The van der Waals surface area contributed by atoms with Gasteiger partial charge in [-0.15, -0.1) is 10.2 Å². The lowest BCUT2D eigenvalue weighted by atomic mass is 10.3. The molecule has 2 heterocycles. The Labute approximate surface area is 79.9 Å². The van der Waals surface area contributed by atoms with Crippen LogP contribution in [0, 0.1) is 0 Å². The molecule has 0 fully saturated rings. The summed E-state index contributed by atoms with van der Waals surface area (Å²) in [6.45, 7) is 2.54. The zero-order chi connectivity index (χ0) is 9.26. The number of H-pyrrole nitrogens is 1. The average molecular weight is 198 g/mol. The van der Waals surface area contributed by atoms with Crippen molar-refractivity contribution in [2.45, 2.75) is 6.92 Å². The van der Waals surface area contributed by atoms with E-state index in [1.807, 2.05) is 6.92 Å². The Bertz CT molecular complexity index is 426. The van der Waals surface area contributed by atoms with E-state index >= 15 is 0 Å². The highest BCUT2D eigenvalue weighted by Crippen LogP contribution is 2.24. The molecule has 0 unspecified atom stereocenters. The standard InChI is InChI=1S/C8H8ClN3O/c1-2-13-6-4-10-8-5(6)3-7(9)11-12-8/h3-4H,2H2,1H3,(H,10,12). The highest BCUT2D eigenvalue weighted by Gasteiger charge is 2.06. The Balaban J connectivity index is 2.58. The van der Waals surface area contributed by atoms with Crippen molar-refractivity contribution >= 4 is 22.6 Å². The summed E-state index contributed by atoms with van der Waals surface area (Å²) in [5, 5.41) is 8.81. The van der Waals surface area contributed by atoms with Gasteiger partial charge in [-0.3, -0.25) is 0 Å². The summed E-state index contributed by atoms with van der Waals surface area (Å²) in [5.41, 5.74) is 0.688. The van der Waals surface area contributed by atoms with Crippen molar-refractivity contribution in [2.24, 2.45) is 0 Å². The summed E-state index contributed by atoms with van der Waals surface area (Å²) < 4.78 is 5.36. The van der Waals surface area contributed by atoms with Gasteiger partial charge in [-0.2, -0.15) is 0 Å². The Morgan fingerprint density at radius 1 is 1.54 bits per heavy atom. The quantitative estimate of drug-likeness (QED) is 0.801. The number of hydrogen-bond acceptors (Lipinski definition) is 3. The lowest BCUT2D eigenvalue weighted by molar-refractivity contribution is 0.344. The van der Waals surface area contributed by atoms with Gasteiger partial charge in [-0.25, -0.2) is 0 Å². The van der Waals surface area contributed by atoms with Gasteiger partial charge in [0.05, 0.1) is 12.0 Å². The van der Waals surface area contributed by atoms with E-state index in [-0.39, 0.29) is 0 Å². The normalized spacial score (nSPS) is 10.6. The molecule has 0 saturated heterocycles. The second-order valence-electron chi connectivity index (χ2n) is 2.52. The number of ether oxygens (including phenoxy) is 1. The Morgan fingerprint density at radius 2 is 2.38 bits per heavy atom. The van der Waals surface area contributed by atoms with Gasteiger partial charge in [0.25, 0.3) is 0 Å². The molecule has 0 aliphatic carbocycles. The van der Waals surface area contributed by atoms with Crippen LogP contribution in [0.25, 0.3) is 11.0 Å². The van der Waals surface area contributed by atoms with Crippen molar-refractivity contribution in [2.75, 3.05) is 6.61 Å². The van der Waals surface area contributed by atoms with Gasteiger partial charge >= 0.3 is 0 Å². The minimum atomic E-state index is 0.369. The van der Waals surface area contributed by atoms with Crippen LogP contribution in [-0.2, 0) is 0 Å². The van der Waals surface area contributed by atoms with Crippen LogP contribution >= 0.6 is 11.6 Å². The molecular weight excluding hydrogens is 190 g/mol. The number of halogens is 1. The monoisotopic (exact) mass is 197 g/mol. The minimum absolute atomic E-state index is 0.369. The van der Waals surface area contributed by atoms with E-state index in [0.717, 1.165) is 11.1 Å². The molecular formula is C8H8ClN3O. The molecule has 0 bridgehead atoms. The molecule has 4 nitrogen and oxygen atoms in total. The van der Waals surface area contributed by atoms with E-state index in [1.165, 1.54) is 0 Å². The first kappa shape index (κ1) is 8.31. The number of hydrogen-bond donors (Lipinski definition) is 1. The number of nitrogens with one attached hydrogen (secondary N) is 1. The fourth-order valence-electron chi connectivity index (χ4n) is 1.15. The molecule has 2 aromatic rings. The predicted octanol–water partition coefficient (Wildman–Crippen LogP) is 2.01. The van der Waals surface area contributed by atoms with Crippen LogP contribution in [0.2, 0.25) is 5.15 Å². The molecule has 13 heavy (non-hydrogen) atoms. The van der Waals surface area contributed by atoms with E-state index in [9.17, 15) is 0 Å². The Morgan fingerprint density at radius 3 is 3.15 bits per heavy atom. The Hall–Kier alpha value is -1.29. The summed E-state index contributed by atoms with van der Waals surface area (Å²) >= 11 is 5.70. The molecule has 0 aliphatic heterocycles. The Kier molecular flexibility index (Phi) is 2.06. The summed E-state index contributed by atoms with van der Waals surface area (Å²) in [6.07, 6.45) is 1.75. The van der Waals surface area contributed by atoms with Gasteiger partial charge < -0.3 is 9.72 Å². The first-order valence-corrected chi connectivity index (χ1v) is 4.32. The largest absolute Gasteiger partial charge is 0.492 e. The molecule has 2 aromatic heterocycles. The highest BCUT2D eigenvalue weighted by atomic mass is 35.5. The zero-order valence-corrected chi connectivity index (χ0v) is 7.80. The molecule has 0 atom stereocenters. The molecule has 0 amide bonds. The average Bonchev–Trinajstić information content (AvgIpc) is 2.49. The molecule has 0 spiro atoms. The molecule has 0 radical (unpaired) electrons. The SMILES string of the molecule is CCOc1c[nH]c2nnc(Cl)cc12. The number of fused-ring (bicyclic) bond motifs is 1. The van der Waals surface area contributed by atoms with E-state index in [2.05, 4.69) is 15.2 Å². The van der Waals surface area contributed by atoms with E-state index < -0.39 is 0 Å². The number of aromatic amines is 1. The number of rotatable bonds is 2. The summed E-state index contributed by atoms with van der Waals surface area (Å²) in [5.74, 6) is 0.759. The van der Waals surface area contributed by atoms with Crippen LogP contribution in [0.5, 0.6) is 5.75 Å². The van der Waals surface area contributed by atoms with Crippen molar-refractivity contribution in [1.82, 2.24) is 15.2 Å². The van der Waals surface area contributed by atoms with Gasteiger partial charge in [0.15, 0.2) is 10.8 Å². The van der Waals surface area contributed by atoms with Crippen LogP contribution in [0.1, 0.15) is 6.92 Å². The van der Waals surface area contributed by atoms with Crippen LogP contribution in [0.3, 0.4) is 0 Å². The topological polar surface area (TPSA) is 50.8 Å². The van der Waals surface area contributed by atoms with Gasteiger partial charge in [-0.1, -0.05) is 11.6 Å². The van der Waals surface area contributed by atoms with E-state index in [1.54, 1.807) is 12.3 Å². The van der Waals surface area contributed by atoms with Crippen molar-refractivity contribution in [3.63, 3.8) is 0 Å². The second kappa shape index (κ2) is 3.22. The van der Waals surface area contributed by atoms with Crippen molar-refractivity contribution in [3.8, 4) is 5.75 Å². The van der Waals surface area contributed by atoms with Crippen molar-refractivity contribution < 1.29 is 4.74 Å².